The lowest BCUT2D eigenvalue weighted by atomic mass is 9.93. The molecule has 0 unspecified atom stereocenters. The summed E-state index contributed by atoms with van der Waals surface area (Å²) < 4.78 is 28.8. The highest BCUT2D eigenvalue weighted by atomic mass is 32.2. The molecule has 2 aliphatic rings. The molecule has 1 heterocycles. The molecule has 1 aromatic rings. The van der Waals surface area contributed by atoms with E-state index in [1.165, 1.54) is 6.26 Å². The number of ether oxygens (including phenoxy) is 1. The highest BCUT2D eigenvalue weighted by molar-refractivity contribution is 7.92. The van der Waals surface area contributed by atoms with Gasteiger partial charge >= 0.3 is 0 Å². The lowest BCUT2D eigenvalue weighted by molar-refractivity contribution is -0.124. The van der Waals surface area contributed by atoms with Gasteiger partial charge in [-0.3, -0.25) is 4.79 Å². The average Bonchev–Trinajstić information content (AvgIpc) is 3.40. The van der Waals surface area contributed by atoms with Crippen LogP contribution in [0.3, 0.4) is 0 Å². The fraction of sp³-hybridized carbons (Fsp3) is 0.611. The lowest BCUT2D eigenvalue weighted by Crippen LogP contribution is -2.58. The van der Waals surface area contributed by atoms with Crippen molar-refractivity contribution in [2.75, 3.05) is 33.0 Å². The Kier molecular flexibility index (Phi) is 4.81. The van der Waals surface area contributed by atoms with Crippen LogP contribution in [0.2, 0.25) is 0 Å². The first kappa shape index (κ1) is 18.2. The number of piperidine rings is 1. The van der Waals surface area contributed by atoms with Crippen LogP contribution in [0.15, 0.2) is 24.3 Å². The molecular formula is C18H26N2O4S. The number of hydrogen-bond donors (Lipinski definition) is 2. The minimum Gasteiger partial charge on any atom is -0.496 e. The molecule has 0 atom stereocenters. The maximum atomic E-state index is 12.9. The topological polar surface area (TPSA) is 84.5 Å². The summed E-state index contributed by atoms with van der Waals surface area (Å²) in [6.07, 6.45) is 3.73. The summed E-state index contributed by atoms with van der Waals surface area (Å²) in [7, 11) is -1.85. The van der Waals surface area contributed by atoms with Crippen LogP contribution in [0.25, 0.3) is 0 Å². The van der Waals surface area contributed by atoms with Gasteiger partial charge in [-0.15, -0.1) is 0 Å². The number of amides is 1. The summed E-state index contributed by atoms with van der Waals surface area (Å²) >= 11 is 0. The quantitative estimate of drug-likeness (QED) is 0.785. The monoisotopic (exact) mass is 366 g/mol. The number of rotatable bonds is 6. The zero-order valence-corrected chi connectivity index (χ0v) is 15.6. The summed E-state index contributed by atoms with van der Waals surface area (Å²) in [5.41, 5.74) is 0.935. The average molecular weight is 366 g/mol. The molecular weight excluding hydrogens is 340 g/mol. The SMILES string of the molecule is COc1ccccc1C1(CNC(=O)C2(S(C)(=O)=O)CCNCC2)CC1. The molecule has 0 aromatic heterocycles. The molecule has 138 valence electrons. The van der Waals surface area contributed by atoms with E-state index in [0.717, 1.165) is 24.2 Å². The molecule has 7 heteroatoms. The van der Waals surface area contributed by atoms with E-state index in [0.29, 0.717) is 32.5 Å². The lowest BCUT2D eigenvalue weighted by Gasteiger charge is -2.35. The van der Waals surface area contributed by atoms with E-state index in [1.807, 2.05) is 24.3 Å². The summed E-state index contributed by atoms with van der Waals surface area (Å²) in [5.74, 6) is 0.451. The zero-order valence-electron chi connectivity index (χ0n) is 14.8. The molecule has 1 saturated carbocycles. The standard InChI is InChI=1S/C18H26N2O4S/c1-24-15-6-4-3-5-14(15)17(7-8-17)13-20-16(21)18(25(2,22)23)9-11-19-12-10-18/h3-6,19H,7-13H2,1-2H3,(H,20,21). The number of para-hydroxylation sites is 1. The molecule has 1 aromatic carbocycles. The van der Waals surface area contributed by atoms with Crippen molar-refractivity contribution in [1.29, 1.82) is 0 Å². The van der Waals surface area contributed by atoms with E-state index < -0.39 is 14.6 Å². The van der Waals surface area contributed by atoms with Gasteiger partial charge in [-0.1, -0.05) is 18.2 Å². The van der Waals surface area contributed by atoms with Crippen LogP contribution in [-0.4, -0.2) is 52.1 Å². The maximum absolute atomic E-state index is 12.9. The van der Waals surface area contributed by atoms with E-state index >= 15 is 0 Å². The second-order valence-corrected chi connectivity index (χ2v) is 9.51. The predicted octanol–water partition coefficient (Wildman–Crippen LogP) is 1.01. The number of methoxy groups -OCH3 is 1. The molecule has 3 rings (SSSR count). The van der Waals surface area contributed by atoms with E-state index in [1.54, 1.807) is 7.11 Å². The van der Waals surface area contributed by atoms with Gasteiger partial charge < -0.3 is 15.4 Å². The number of carbonyl (C=O) groups excluding carboxylic acids is 1. The first-order valence-corrected chi connectivity index (χ1v) is 10.6. The largest absolute Gasteiger partial charge is 0.496 e. The Bertz CT molecular complexity index is 750. The Hall–Kier alpha value is -1.60. The molecule has 2 N–H and O–H groups in total. The molecule has 1 amide bonds. The Morgan fingerprint density at radius 1 is 1.20 bits per heavy atom. The van der Waals surface area contributed by atoms with E-state index in [-0.39, 0.29) is 11.3 Å². The van der Waals surface area contributed by atoms with Crippen molar-refractivity contribution >= 4 is 15.7 Å². The molecule has 0 spiro atoms. The van der Waals surface area contributed by atoms with Crippen molar-refractivity contribution in [2.45, 2.75) is 35.8 Å². The summed E-state index contributed by atoms with van der Waals surface area (Å²) in [6, 6.07) is 7.83. The highest BCUT2D eigenvalue weighted by Gasteiger charge is 2.51. The number of benzene rings is 1. The van der Waals surface area contributed by atoms with E-state index in [9.17, 15) is 13.2 Å². The van der Waals surface area contributed by atoms with Crippen LogP contribution in [0.1, 0.15) is 31.2 Å². The fourth-order valence-corrected chi connectivity index (χ4v) is 5.14. The third-order valence-electron chi connectivity index (χ3n) is 5.65. The van der Waals surface area contributed by atoms with Crippen LogP contribution >= 0.6 is 0 Å². The zero-order chi connectivity index (χ0) is 18.1. The number of hydrogen-bond acceptors (Lipinski definition) is 5. The second-order valence-electron chi connectivity index (χ2n) is 7.18. The van der Waals surface area contributed by atoms with Gasteiger partial charge in [0, 0.05) is 23.8 Å². The Balaban J connectivity index is 1.77. The maximum Gasteiger partial charge on any atom is 0.241 e. The van der Waals surface area contributed by atoms with Crippen LogP contribution in [0, 0.1) is 0 Å². The van der Waals surface area contributed by atoms with Gasteiger partial charge in [0.2, 0.25) is 5.91 Å². The Labute approximate surface area is 149 Å². The van der Waals surface area contributed by atoms with Gasteiger partial charge in [0.1, 0.15) is 5.75 Å². The number of nitrogens with one attached hydrogen (secondary N) is 2. The van der Waals surface area contributed by atoms with Crippen LogP contribution in [0.4, 0.5) is 0 Å². The van der Waals surface area contributed by atoms with Gasteiger partial charge in [0.25, 0.3) is 0 Å². The summed E-state index contributed by atoms with van der Waals surface area (Å²) in [6.45, 7) is 1.52. The van der Waals surface area contributed by atoms with Gasteiger partial charge in [0.15, 0.2) is 14.6 Å². The van der Waals surface area contributed by atoms with Crippen molar-refractivity contribution in [3.8, 4) is 5.75 Å². The molecule has 0 bridgehead atoms. The highest BCUT2D eigenvalue weighted by Crippen LogP contribution is 2.50. The van der Waals surface area contributed by atoms with Crippen LogP contribution in [0.5, 0.6) is 5.75 Å². The first-order chi connectivity index (χ1) is 11.8. The molecule has 1 aliphatic carbocycles. The van der Waals surface area contributed by atoms with Gasteiger partial charge in [-0.25, -0.2) is 8.42 Å². The summed E-state index contributed by atoms with van der Waals surface area (Å²) in [4.78, 5) is 12.9. The van der Waals surface area contributed by atoms with Crippen molar-refractivity contribution in [3.05, 3.63) is 29.8 Å². The Morgan fingerprint density at radius 2 is 1.84 bits per heavy atom. The Morgan fingerprint density at radius 3 is 2.40 bits per heavy atom. The van der Waals surface area contributed by atoms with E-state index in [2.05, 4.69) is 10.6 Å². The predicted molar refractivity (Wildman–Crippen MR) is 96.6 cm³/mol. The summed E-state index contributed by atoms with van der Waals surface area (Å²) in [5, 5.41) is 6.08. The third-order valence-corrected chi connectivity index (χ3v) is 7.67. The van der Waals surface area contributed by atoms with Gasteiger partial charge in [0.05, 0.1) is 7.11 Å². The minimum absolute atomic E-state index is 0.145. The van der Waals surface area contributed by atoms with E-state index in [4.69, 9.17) is 4.74 Å². The molecule has 0 radical (unpaired) electrons. The van der Waals surface area contributed by atoms with Crippen molar-refractivity contribution in [3.63, 3.8) is 0 Å². The third kappa shape index (κ3) is 3.27. The van der Waals surface area contributed by atoms with Crippen LogP contribution in [-0.2, 0) is 20.0 Å². The molecule has 1 aliphatic heterocycles. The number of carbonyl (C=O) groups is 1. The minimum atomic E-state index is -3.49. The first-order valence-electron chi connectivity index (χ1n) is 8.67. The fourth-order valence-electron chi connectivity index (χ4n) is 3.78. The van der Waals surface area contributed by atoms with Crippen LogP contribution < -0.4 is 15.4 Å². The second kappa shape index (κ2) is 6.61. The number of sulfone groups is 1. The van der Waals surface area contributed by atoms with Crippen molar-refractivity contribution in [2.24, 2.45) is 0 Å². The van der Waals surface area contributed by atoms with Gasteiger partial charge in [-0.2, -0.15) is 0 Å². The van der Waals surface area contributed by atoms with Crippen molar-refractivity contribution in [1.82, 2.24) is 10.6 Å². The smallest absolute Gasteiger partial charge is 0.241 e. The normalized spacial score (nSPS) is 21.4. The van der Waals surface area contributed by atoms with Gasteiger partial charge in [-0.05, 0) is 44.8 Å². The molecule has 25 heavy (non-hydrogen) atoms. The molecule has 2 fully saturated rings. The molecule has 1 saturated heterocycles. The van der Waals surface area contributed by atoms with Crippen molar-refractivity contribution < 1.29 is 17.9 Å². The molecule has 6 nitrogen and oxygen atoms in total.